The number of rotatable bonds is 6. The van der Waals surface area contributed by atoms with Crippen molar-refractivity contribution in [1.29, 1.82) is 0 Å². The zero-order valence-corrected chi connectivity index (χ0v) is 23.2. The van der Waals surface area contributed by atoms with Crippen LogP contribution in [-0.4, -0.2) is 68.4 Å². The molecule has 2 aliphatic rings. The van der Waals surface area contributed by atoms with Crippen molar-refractivity contribution < 1.29 is 19.5 Å². The molecule has 4 unspecified atom stereocenters. The van der Waals surface area contributed by atoms with E-state index in [1.165, 1.54) is 34.2 Å². The van der Waals surface area contributed by atoms with Crippen LogP contribution in [0.1, 0.15) is 17.3 Å². The summed E-state index contributed by atoms with van der Waals surface area (Å²) in [5, 5.41) is 12.9. The quantitative estimate of drug-likeness (QED) is 0.262. The number of para-hydroxylation sites is 1. The number of carboxylic acid groups (broad SMARTS) is 1. The van der Waals surface area contributed by atoms with Crippen molar-refractivity contribution >= 4 is 28.9 Å². The number of carbonyl (C=O) groups excluding carboxylic acids is 2. The third-order valence-corrected chi connectivity index (χ3v) is 8.52. The summed E-state index contributed by atoms with van der Waals surface area (Å²) < 4.78 is 6.69. The van der Waals surface area contributed by atoms with E-state index < -0.39 is 58.5 Å². The van der Waals surface area contributed by atoms with E-state index in [1.54, 1.807) is 42.9 Å². The number of fused-ring (bicyclic) bond motifs is 2. The van der Waals surface area contributed by atoms with Crippen LogP contribution in [0.4, 0.5) is 0 Å². The lowest BCUT2D eigenvalue weighted by molar-refractivity contribution is -0.146. The van der Waals surface area contributed by atoms with E-state index in [4.69, 9.17) is 0 Å². The van der Waals surface area contributed by atoms with Crippen molar-refractivity contribution in [1.82, 2.24) is 38.3 Å². The van der Waals surface area contributed by atoms with E-state index in [0.29, 0.717) is 11.4 Å². The highest BCUT2D eigenvalue weighted by Gasteiger charge is 2.61. The Kier molecular flexibility index (Phi) is 6.14. The smallest absolute Gasteiger partial charge is 0.332 e. The van der Waals surface area contributed by atoms with Gasteiger partial charge in [0.25, 0.3) is 11.1 Å². The fourth-order valence-electron chi connectivity index (χ4n) is 6.31. The molecule has 5 heterocycles. The molecule has 0 saturated carbocycles. The lowest BCUT2D eigenvalue weighted by Crippen LogP contribution is -2.44. The Hall–Kier alpha value is -5.05. The van der Waals surface area contributed by atoms with E-state index in [-0.39, 0.29) is 29.8 Å². The molecule has 0 spiro atoms. The summed E-state index contributed by atoms with van der Waals surface area (Å²) in [5.74, 6) is -4.93. The van der Waals surface area contributed by atoms with Crippen LogP contribution in [0.25, 0.3) is 16.9 Å². The Balaban J connectivity index is 1.36. The summed E-state index contributed by atoms with van der Waals surface area (Å²) >= 11 is 0. The van der Waals surface area contributed by atoms with Crippen LogP contribution >= 0.6 is 0 Å². The number of imide groups is 1. The Morgan fingerprint density at radius 2 is 1.60 bits per heavy atom. The lowest BCUT2D eigenvalue weighted by Gasteiger charge is -2.21. The molecule has 2 N–H and O–H groups in total. The summed E-state index contributed by atoms with van der Waals surface area (Å²) in [6.45, 7) is 1.53. The normalized spacial score (nSPS) is 22.0. The number of amides is 2. The molecule has 15 nitrogen and oxygen atoms in total. The van der Waals surface area contributed by atoms with Crippen LogP contribution in [0.2, 0.25) is 0 Å². The van der Waals surface area contributed by atoms with Gasteiger partial charge in [-0.3, -0.25) is 48.0 Å². The maximum atomic E-state index is 13.8. The van der Waals surface area contributed by atoms with Gasteiger partial charge in [0.2, 0.25) is 11.8 Å². The summed E-state index contributed by atoms with van der Waals surface area (Å²) in [7, 11) is 4.51. The predicted molar refractivity (Wildman–Crippen MR) is 147 cm³/mol. The first-order valence-corrected chi connectivity index (χ1v) is 13.2. The molecule has 4 aromatic rings. The second-order valence-electron chi connectivity index (χ2n) is 10.6. The third-order valence-electron chi connectivity index (χ3n) is 8.52. The number of imidazole rings is 1. The summed E-state index contributed by atoms with van der Waals surface area (Å²) in [5.41, 5.74) is 0.0714. The molecule has 3 aromatic heterocycles. The summed E-state index contributed by atoms with van der Waals surface area (Å²) in [6, 6.07) is 6.49. The van der Waals surface area contributed by atoms with E-state index in [0.717, 1.165) is 9.47 Å². The first-order chi connectivity index (χ1) is 20.0. The minimum Gasteiger partial charge on any atom is -0.480 e. The van der Waals surface area contributed by atoms with Gasteiger partial charge in [-0.1, -0.05) is 18.2 Å². The standard InChI is InChI=1S/C27H28N8O7/c1-13-15(24(38)35(32(13)4)14-8-6-5-7-9-14)18-16-17(19(29-18)26(40)41)23(37)34(22(16)36)11-10-33-12-28-21-20(33)25(39)31(3)27(42)30(21)2/h5-9,12,16-19,29H,10-11H2,1-4H3,(H,40,41). The van der Waals surface area contributed by atoms with E-state index in [1.807, 2.05) is 6.07 Å². The minimum atomic E-state index is -1.39. The van der Waals surface area contributed by atoms with Crippen LogP contribution in [0, 0.1) is 18.8 Å². The zero-order valence-electron chi connectivity index (χ0n) is 23.2. The van der Waals surface area contributed by atoms with Crippen LogP contribution < -0.4 is 22.1 Å². The van der Waals surface area contributed by atoms with Gasteiger partial charge in [0.1, 0.15) is 6.04 Å². The molecular formula is C27H28N8O7. The molecule has 42 heavy (non-hydrogen) atoms. The summed E-state index contributed by atoms with van der Waals surface area (Å²) in [4.78, 5) is 83.6. The van der Waals surface area contributed by atoms with Gasteiger partial charge in [0.05, 0.1) is 35.5 Å². The molecule has 2 amide bonds. The molecule has 1 aromatic carbocycles. The molecule has 6 rings (SSSR count). The van der Waals surface area contributed by atoms with E-state index in [2.05, 4.69) is 10.3 Å². The maximum absolute atomic E-state index is 13.8. The summed E-state index contributed by atoms with van der Waals surface area (Å²) in [6.07, 6.45) is 1.35. The zero-order chi connectivity index (χ0) is 30.2. The van der Waals surface area contributed by atoms with E-state index in [9.17, 15) is 33.9 Å². The molecule has 2 saturated heterocycles. The average Bonchev–Trinajstić information content (AvgIpc) is 3.68. The van der Waals surface area contributed by atoms with Gasteiger partial charge >= 0.3 is 11.7 Å². The first kappa shape index (κ1) is 27.1. The van der Waals surface area contributed by atoms with Crippen LogP contribution in [0.15, 0.2) is 51.0 Å². The van der Waals surface area contributed by atoms with Crippen molar-refractivity contribution in [2.45, 2.75) is 25.6 Å². The number of aromatic nitrogens is 6. The Bertz CT molecular complexity index is 1980. The Labute approximate surface area is 236 Å². The lowest BCUT2D eigenvalue weighted by atomic mass is 9.86. The molecular weight excluding hydrogens is 548 g/mol. The van der Waals surface area contributed by atoms with Gasteiger partial charge in [-0.2, -0.15) is 0 Å². The number of nitrogens with zero attached hydrogens (tertiary/aromatic N) is 7. The number of hydrogen-bond donors (Lipinski definition) is 2. The predicted octanol–water partition coefficient (Wildman–Crippen LogP) is -1.37. The Morgan fingerprint density at radius 1 is 0.929 bits per heavy atom. The Morgan fingerprint density at radius 3 is 2.26 bits per heavy atom. The molecule has 2 aliphatic heterocycles. The number of carboxylic acids is 1. The second-order valence-corrected chi connectivity index (χ2v) is 10.6. The van der Waals surface area contributed by atoms with Crippen molar-refractivity contribution in [3.8, 4) is 5.69 Å². The van der Waals surface area contributed by atoms with Crippen molar-refractivity contribution in [3.63, 3.8) is 0 Å². The number of benzene rings is 1. The highest BCUT2D eigenvalue weighted by molar-refractivity contribution is 6.08. The monoisotopic (exact) mass is 576 g/mol. The molecule has 2 fully saturated rings. The molecule has 0 bridgehead atoms. The average molecular weight is 577 g/mol. The number of hydrogen-bond acceptors (Lipinski definition) is 8. The highest BCUT2D eigenvalue weighted by Crippen LogP contribution is 2.44. The molecule has 0 radical (unpaired) electrons. The fraction of sp³-hybridized carbons (Fsp3) is 0.370. The first-order valence-electron chi connectivity index (χ1n) is 13.2. The van der Waals surface area contributed by atoms with Gasteiger partial charge in [0, 0.05) is 39.9 Å². The number of aryl methyl sites for hydroxylation is 1. The number of carbonyl (C=O) groups is 3. The maximum Gasteiger partial charge on any atom is 0.332 e. The van der Waals surface area contributed by atoms with Gasteiger partial charge in [-0.15, -0.1) is 0 Å². The number of aliphatic carboxylic acids is 1. The van der Waals surface area contributed by atoms with Crippen LogP contribution in [0.5, 0.6) is 0 Å². The van der Waals surface area contributed by atoms with Gasteiger partial charge in [-0.25, -0.2) is 14.5 Å². The number of likely N-dealkylation sites (tertiary alicyclic amines) is 1. The molecule has 4 atom stereocenters. The largest absolute Gasteiger partial charge is 0.480 e. The van der Waals surface area contributed by atoms with Gasteiger partial charge < -0.3 is 9.67 Å². The van der Waals surface area contributed by atoms with Crippen molar-refractivity contribution in [3.05, 3.63) is 79.1 Å². The van der Waals surface area contributed by atoms with Gasteiger partial charge in [0.15, 0.2) is 11.2 Å². The second kappa shape index (κ2) is 9.51. The molecule has 218 valence electrons. The fourth-order valence-corrected chi connectivity index (χ4v) is 6.31. The van der Waals surface area contributed by atoms with Crippen LogP contribution in [0.3, 0.4) is 0 Å². The third kappa shape index (κ3) is 3.66. The molecule has 0 aliphatic carbocycles. The molecule has 15 heteroatoms. The van der Waals surface area contributed by atoms with Crippen molar-refractivity contribution in [2.24, 2.45) is 33.0 Å². The SMILES string of the molecule is Cc1c(C2NC(C(=O)O)C3C(=O)N(CCn4cnc5c4c(=O)n(C)c(=O)n5C)C(=O)C23)c(=O)n(-c2ccccc2)n1C. The topological polar surface area (TPSA) is 175 Å². The minimum absolute atomic E-state index is 0.0120. The van der Waals surface area contributed by atoms with Gasteiger partial charge in [-0.05, 0) is 19.1 Å². The van der Waals surface area contributed by atoms with E-state index >= 15 is 0 Å². The van der Waals surface area contributed by atoms with Crippen LogP contribution in [-0.2, 0) is 42.1 Å². The highest BCUT2D eigenvalue weighted by atomic mass is 16.4. The van der Waals surface area contributed by atoms with Crippen molar-refractivity contribution in [2.75, 3.05) is 6.54 Å². The number of nitrogens with one attached hydrogen (secondary N) is 1.